The van der Waals surface area contributed by atoms with Gasteiger partial charge in [-0.05, 0) is 13.8 Å². The van der Waals surface area contributed by atoms with Crippen molar-refractivity contribution in [3.05, 3.63) is 11.4 Å². The summed E-state index contributed by atoms with van der Waals surface area (Å²) in [6, 6.07) is -0.340. The van der Waals surface area contributed by atoms with Crippen molar-refractivity contribution < 1.29 is 4.79 Å². The van der Waals surface area contributed by atoms with Gasteiger partial charge >= 0.3 is 0 Å². The zero-order valence-electron chi connectivity index (χ0n) is 9.56. The molecule has 6 nitrogen and oxygen atoms in total. The smallest absolute Gasteiger partial charge is 0.246 e. The van der Waals surface area contributed by atoms with E-state index in [1.807, 2.05) is 6.92 Å². The SMILES string of the molecule is Cc1c(CN)nnn1C(C)C(=O)N(C)C. The van der Waals surface area contributed by atoms with Crippen molar-refractivity contribution in [3.8, 4) is 0 Å². The molecule has 15 heavy (non-hydrogen) atoms. The van der Waals surface area contributed by atoms with Gasteiger partial charge in [0.25, 0.3) is 0 Å². The van der Waals surface area contributed by atoms with Crippen LogP contribution in [-0.2, 0) is 11.3 Å². The lowest BCUT2D eigenvalue weighted by atomic mass is 10.2. The molecule has 1 unspecified atom stereocenters. The highest BCUT2D eigenvalue weighted by molar-refractivity contribution is 5.79. The molecule has 1 rings (SSSR count). The highest BCUT2D eigenvalue weighted by Gasteiger charge is 2.20. The molecule has 0 aliphatic heterocycles. The lowest BCUT2D eigenvalue weighted by Gasteiger charge is -2.17. The zero-order valence-corrected chi connectivity index (χ0v) is 9.56. The molecule has 0 spiro atoms. The number of nitrogens with two attached hydrogens (primary N) is 1. The van der Waals surface area contributed by atoms with E-state index in [1.54, 1.807) is 25.7 Å². The highest BCUT2D eigenvalue weighted by Crippen LogP contribution is 2.12. The van der Waals surface area contributed by atoms with E-state index in [0.29, 0.717) is 6.54 Å². The molecule has 6 heteroatoms. The van der Waals surface area contributed by atoms with Crippen molar-refractivity contribution in [3.63, 3.8) is 0 Å². The minimum absolute atomic E-state index is 0.00780. The molecular formula is C9H17N5O. The van der Waals surface area contributed by atoms with Crippen LogP contribution in [0.25, 0.3) is 0 Å². The lowest BCUT2D eigenvalue weighted by Crippen LogP contribution is -2.31. The molecule has 0 fully saturated rings. The summed E-state index contributed by atoms with van der Waals surface area (Å²) in [6.45, 7) is 4.00. The summed E-state index contributed by atoms with van der Waals surface area (Å²) in [5, 5.41) is 7.84. The van der Waals surface area contributed by atoms with E-state index >= 15 is 0 Å². The van der Waals surface area contributed by atoms with Gasteiger partial charge in [-0.2, -0.15) is 0 Å². The van der Waals surface area contributed by atoms with E-state index in [1.165, 1.54) is 4.90 Å². The summed E-state index contributed by atoms with van der Waals surface area (Å²) in [7, 11) is 3.43. The van der Waals surface area contributed by atoms with Gasteiger partial charge in [-0.1, -0.05) is 5.21 Å². The number of likely N-dealkylation sites (N-methyl/N-ethyl adjacent to an activating group) is 1. The third-order valence-corrected chi connectivity index (χ3v) is 2.38. The van der Waals surface area contributed by atoms with Crippen molar-refractivity contribution in [1.29, 1.82) is 0 Å². The number of aromatic nitrogens is 3. The molecule has 0 bridgehead atoms. The molecule has 0 saturated carbocycles. The molecule has 2 N–H and O–H groups in total. The summed E-state index contributed by atoms with van der Waals surface area (Å²) in [4.78, 5) is 13.2. The third-order valence-electron chi connectivity index (χ3n) is 2.38. The van der Waals surface area contributed by atoms with Crippen LogP contribution >= 0.6 is 0 Å². The minimum Gasteiger partial charge on any atom is -0.347 e. The Labute approximate surface area is 89.0 Å². The van der Waals surface area contributed by atoms with Gasteiger partial charge in [-0.25, -0.2) is 4.68 Å². The van der Waals surface area contributed by atoms with Crippen LogP contribution in [0.2, 0.25) is 0 Å². The van der Waals surface area contributed by atoms with Crippen molar-refractivity contribution >= 4 is 5.91 Å². The van der Waals surface area contributed by atoms with Gasteiger partial charge in [-0.15, -0.1) is 5.10 Å². The number of amides is 1. The van der Waals surface area contributed by atoms with Gasteiger partial charge in [0.1, 0.15) is 6.04 Å². The van der Waals surface area contributed by atoms with Gasteiger partial charge in [0.05, 0.1) is 11.4 Å². The van der Waals surface area contributed by atoms with E-state index in [9.17, 15) is 4.79 Å². The first-order chi connectivity index (χ1) is 6.99. The largest absolute Gasteiger partial charge is 0.347 e. The van der Waals surface area contributed by atoms with E-state index < -0.39 is 0 Å². The number of nitrogens with zero attached hydrogens (tertiary/aromatic N) is 4. The number of hydrogen-bond donors (Lipinski definition) is 1. The molecule has 0 aliphatic rings. The first-order valence-corrected chi connectivity index (χ1v) is 4.81. The van der Waals surface area contributed by atoms with Gasteiger partial charge in [0.2, 0.25) is 5.91 Å². The maximum Gasteiger partial charge on any atom is 0.246 e. The van der Waals surface area contributed by atoms with Crippen LogP contribution < -0.4 is 5.73 Å². The van der Waals surface area contributed by atoms with Crippen LogP contribution in [-0.4, -0.2) is 39.9 Å². The Hall–Kier alpha value is -1.43. The predicted octanol–water partition coefficient (Wildman–Crippen LogP) is -0.306. The molecule has 1 amide bonds. The molecule has 0 saturated heterocycles. The fourth-order valence-corrected chi connectivity index (χ4v) is 1.41. The monoisotopic (exact) mass is 211 g/mol. The van der Waals surface area contributed by atoms with Crippen molar-refractivity contribution in [1.82, 2.24) is 19.9 Å². The van der Waals surface area contributed by atoms with Crippen LogP contribution in [0, 0.1) is 6.92 Å². The van der Waals surface area contributed by atoms with Gasteiger partial charge in [0, 0.05) is 20.6 Å². The molecule has 1 aromatic heterocycles. The summed E-state index contributed by atoms with van der Waals surface area (Å²) in [5.41, 5.74) is 7.07. The fourth-order valence-electron chi connectivity index (χ4n) is 1.41. The zero-order chi connectivity index (χ0) is 11.6. The third kappa shape index (κ3) is 2.15. The van der Waals surface area contributed by atoms with Crippen molar-refractivity contribution in [2.45, 2.75) is 26.4 Å². The Morgan fingerprint density at radius 3 is 2.60 bits per heavy atom. The van der Waals surface area contributed by atoms with Crippen molar-refractivity contribution in [2.75, 3.05) is 14.1 Å². The lowest BCUT2D eigenvalue weighted by molar-refractivity contribution is -0.132. The normalized spacial score (nSPS) is 12.6. The number of hydrogen-bond acceptors (Lipinski definition) is 4. The second kappa shape index (κ2) is 4.39. The quantitative estimate of drug-likeness (QED) is 0.744. The summed E-state index contributed by atoms with van der Waals surface area (Å²) in [6.07, 6.45) is 0. The number of rotatable bonds is 3. The first-order valence-electron chi connectivity index (χ1n) is 4.81. The molecule has 0 aliphatic carbocycles. The van der Waals surface area contributed by atoms with Crippen LogP contribution in [0.3, 0.4) is 0 Å². The van der Waals surface area contributed by atoms with Gasteiger partial charge < -0.3 is 10.6 Å². The van der Waals surface area contributed by atoms with Crippen LogP contribution in [0.4, 0.5) is 0 Å². The summed E-state index contributed by atoms with van der Waals surface area (Å²) >= 11 is 0. The number of carbonyl (C=O) groups excluding carboxylic acids is 1. The standard InChI is InChI=1S/C9H17N5O/c1-6-8(5-10)11-12-14(6)7(2)9(15)13(3)4/h7H,5,10H2,1-4H3. The maximum atomic E-state index is 11.7. The minimum atomic E-state index is -0.340. The number of carbonyl (C=O) groups is 1. The molecule has 0 aromatic carbocycles. The van der Waals surface area contributed by atoms with E-state index in [4.69, 9.17) is 5.73 Å². The summed E-state index contributed by atoms with van der Waals surface area (Å²) in [5.74, 6) is -0.00780. The van der Waals surface area contributed by atoms with Crippen LogP contribution in [0.1, 0.15) is 24.4 Å². The fraction of sp³-hybridized carbons (Fsp3) is 0.667. The molecule has 1 heterocycles. The van der Waals surface area contributed by atoms with E-state index in [0.717, 1.165) is 11.4 Å². The first kappa shape index (κ1) is 11.6. The average Bonchev–Trinajstić information content (AvgIpc) is 2.57. The second-order valence-corrected chi connectivity index (χ2v) is 3.68. The molecule has 84 valence electrons. The maximum absolute atomic E-state index is 11.7. The molecule has 1 aromatic rings. The summed E-state index contributed by atoms with van der Waals surface area (Å²) < 4.78 is 1.60. The average molecular weight is 211 g/mol. The Bertz CT molecular complexity index is 357. The van der Waals surface area contributed by atoms with E-state index in [-0.39, 0.29) is 11.9 Å². The van der Waals surface area contributed by atoms with Gasteiger partial charge in [0.15, 0.2) is 0 Å². The topological polar surface area (TPSA) is 77.0 Å². The van der Waals surface area contributed by atoms with E-state index in [2.05, 4.69) is 10.3 Å². The van der Waals surface area contributed by atoms with Crippen LogP contribution in [0.15, 0.2) is 0 Å². The Balaban J connectivity index is 2.96. The molecule has 0 radical (unpaired) electrons. The molecular weight excluding hydrogens is 194 g/mol. The Morgan fingerprint density at radius 1 is 1.60 bits per heavy atom. The van der Waals surface area contributed by atoms with Crippen molar-refractivity contribution in [2.24, 2.45) is 5.73 Å². The molecule has 1 atom stereocenters. The predicted molar refractivity (Wildman–Crippen MR) is 56.1 cm³/mol. The van der Waals surface area contributed by atoms with Crippen LogP contribution in [0.5, 0.6) is 0 Å². The Morgan fingerprint density at radius 2 is 2.20 bits per heavy atom. The Kier molecular flexibility index (Phi) is 3.41. The highest BCUT2D eigenvalue weighted by atomic mass is 16.2. The van der Waals surface area contributed by atoms with Gasteiger partial charge in [-0.3, -0.25) is 4.79 Å². The second-order valence-electron chi connectivity index (χ2n) is 3.68.